The maximum atomic E-state index is 13.0. The van der Waals surface area contributed by atoms with Crippen molar-refractivity contribution in [1.29, 1.82) is 0 Å². The van der Waals surface area contributed by atoms with E-state index in [1.54, 1.807) is 24.3 Å². The molecular formula is C13H11FN2O2. The second-order valence-corrected chi connectivity index (χ2v) is 3.70. The summed E-state index contributed by atoms with van der Waals surface area (Å²) in [6.07, 6.45) is 0. The van der Waals surface area contributed by atoms with E-state index >= 15 is 0 Å². The Labute approximate surface area is 103 Å². The number of anilines is 2. The fraction of sp³-hybridized carbons (Fsp3) is 0. The van der Waals surface area contributed by atoms with Gasteiger partial charge in [-0.3, -0.25) is 4.79 Å². The molecule has 92 valence electrons. The Bertz CT molecular complexity index is 599. The molecule has 0 atom stereocenters. The number of phenols is 1. The van der Waals surface area contributed by atoms with Gasteiger partial charge in [0, 0.05) is 0 Å². The van der Waals surface area contributed by atoms with Crippen molar-refractivity contribution in [2.24, 2.45) is 0 Å². The smallest absolute Gasteiger partial charge is 0.259 e. The van der Waals surface area contributed by atoms with Crippen molar-refractivity contribution in [3.05, 3.63) is 53.8 Å². The number of carbonyl (C=O) groups is 1. The average molecular weight is 246 g/mol. The number of nitrogens with one attached hydrogen (secondary N) is 1. The van der Waals surface area contributed by atoms with Crippen molar-refractivity contribution < 1.29 is 14.3 Å². The zero-order valence-corrected chi connectivity index (χ0v) is 9.35. The molecule has 0 spiro atoms. The highest BCUT2D eigenvalue weighted by molar-refractivity contribution is 6.07. The Morgan fingerprint density at radius 1 is 1.22 bits per heavy atom. The van der Waals surface area contributed by atoms with Crippen LogP contribution in [0.5, 0.6) is 5.75 Å². The van der Waals surface area contributed by atoms with Crippen molar-refractivity contribution in [2.45, 2.75) is 0 Å². The second kappa shape index (κ2) is 4.75. The summed E-state index contributed by atoms with van der Waals surface area (Å²) < 4.78 is 13.0. The van der Waals surface area contributed by atoms with Crippen LogP contribution in [-0.2, 0) is 0 Å². The van der Waals surface area contributed by atoms with E-state index in [-0.39, 0.29) is 11.3 Å². The van der Waals surface area contributed by atoms with E-state index in [0.29, 0.717) is 11.4 Å². The standard InChI is InChI=1S/C13H11FN2O2/c14-8-5-6-12(17)9(7-8)13(18)16-11-4-2-1-3-10(11)15/h1-7,17H,15H2,(H,16,18). The number of amides is 1. The van der Waals surface area contributed by atoms with Crippen LogP contribution in [0.3, 0.4) is 0 Å². The molecule has 2 rings (SSSR count). The molecule has 18 heavy (non-hydrogen) atoms. The summed E-state index contributed by atoms with van der Waals surface area (Å²) >= 11 is 0. The Morgan fingerprint density at radius 3 is 2.67 bits per heavy atom. The summed E-state index contributed by atoms with van der Waals surface area (Å²) in [5.41, 5.74) is 6.32. The van der Waals surface area contributed by atoms with Gasteiger partial charge in [0.15, 0.2) is 0 Å². The molecular weight excluding hydrogens is 235 g/mol. The predicted molar refractivity (Wildman–Crippen MR) is 66.9 cm³/mol. The zero-order valence-electron chi connectivity index (χ0n) is 9.35. The quantitative estimate of drug-likeness (QED) is 0.712. The van der Waals surface area contributed by atoms with E-state index < -0.39 is 11.7 Å². The van der Waals surface area contributed by atoms with Crippen molar-refractivity contribution in [2.75, 3.05) is 11.1 Å². The molecule has 5 heteroatoms. The summed E-state index contributed by atoms with van der Waals surface area (Å²) in [7, 11) is 0. The average Bonchev–Trinajstić information content (AvgIpc) is 2.35. The zero-order chi connectivity index (χ0) is 13.1. The van der Waals surface area contributed by atoms with Gasteiger partial charge in [0.2, 0.25) is 0 Å². The molecule has 4 nitrogen and oxygen atoms in total. The molecule has 0 saturated carbocycles. The molecule has 0 unspecified atom stereocenters. The minimum absolute atomic E-state index is 0.141. The van der Waals surface area contributed by atoms with Crippen LogP contribution < -0.4 is 11.1 Å². The highest BCUT2D eigenvalue weighted by Crippen LogP contribution is 2.22. The molecule has 0 aromatic heterocycles. The maximum Gasteiger partial charge on any atom is 0.259 e. The monoisotopic (exact) mass is 246 g/mol. The fourth-order valence-electron chi connectivity index (χ4n) is 1.49. The van der Waals surface area contributed by atoms with Crippen molar-refractivity contribution in [1.82, 2.24) is 0 Å². The van der Waals surface area contributed by atoms with Gasteiger partial charge in [0.25, 0.3) is 5.91 Å². The Morgan fingerprint density at radius 2 is 1.94 bits per heavy atom. The van der Waals surface area contributed by atoms with E-state index in [4.69, 9.17) is 5.73 Å². The van der Waals surface area contributed by atoms with E-state index in [1.165, 1.54) is 0 Å². The highest BCUT2D eigenvalue weighted by Gasteiger charge is 2.13. The second-order valence-electron chi connectivity index (χ2n) is 3.70. The molecule has 0 aliphatic carbocycles. The van der Waals surface area contributed by atoms with Gasteiger partial charge in [0.1, 0.15) is 11.6 Å². The number of para-hydroxylation sites is 2. The minimum Gasteiger partial charge on any atom is -0.507 e. The number of phenolic OH excluding ortho intramolecular Hbond substituents is 1. The van der Waals surface area contributed by atoms with E-state index in [1.807, 2.05) is 0 Å². The van der Waals surface area contributed by atoms with Gasteiger partial charge in [-0.1, -0.05) is 12.1 Å². The number of hydrogen-bond acceptors (Lipinski definition) is 3. The van der Waals surface area contributed by atoms with Gasteiger partial charge in [-0.05, 0) is 30.3 Å². The first-order valence-electron chi connectivity index (χ1n) is 5.22. The molecule has 0 bridgehead atoms. The topological polar surface area (TPSA) is 75.3 Å². The van der Waals surface area contributed by atoms with Gasteiger partial charge in [0.05, 0.1) is 16.9 Å². The van der Waals surface area contributed by atoms with Crippen LogP contribution in [0.25, 0.3) is 0 Å². The van der Waals surface area contributed by atoms with Gasteiger partial charge in [-0.2, -0.15) is 0 Å². The lowest BCUT2D eigenvalue weighted by Crippen LogP contribution is -2.13. The number of nitrogens with two attached hydrogens (primary N) is 1. The lowest BCUT2D eigenvalue weighted by Gasteiger charge is -2.08. The molecule has 0 aliphatic heterocycles. The minimum atomic E-state index is -0.620. The van der Waals surface area contributed by atoms with E-state index in [0.717, 1.165) is 18.2 Å². The number of aromatic hydroxyl groups is 1. The third-order valence-electron chi connectivity index (χ3n) is 2.41. The van der Waals surface area contributed by atoms with Crippen LogP contribution in [0, 0.1) is 5.82 Å². The number of halogens is 1. The molecule has 0 aliphatic rings. The number of benzene rings is 2. The number of hydrogen-bond donors (Lipinski definition) is 3. The SMILES string of the molecule is Nc1ccccc1NC(=O)c1cc(F)ccc1O. The van der Waals surface area contributed by atoms with Gasteiger partial charge < -0.3 is 16.2 Å². The molecule has 0 heterocycles. The maximum absolute atomic E-state index is 13.0. The van der Waals surface area contributed by atoms with Crippen molar-refractivity contribution in [3.63, 3.8) is 0 Å². The van der Waals surface area contributed by atoms with Gasteiger partial charge >= 0.3 is 0 Å². The van der Waals surface area contributed by atoms with E-state index in [2.05, 4.69) is 5.32 Å². The van der Waals surface area contributed by atoms with Crippen LogP contribution in [0.4, 0.5) is 15.8 Å². The first-order chi connectivity index (χ1) is 8.58. The molecule has 4 N–H and O–H groups in total. The molecule has 0 radical (unpaired) electrons. The summed E-state index contributed by atoms with van der Waals surface area (Å²) in [6, 6.07) is 9.83. The van der Waals surface area contributed by atoms with Crippen LogP contribution >= 0.6 is 0 Å². The fourth-order valence-corrected chi connectivity index (χ4v) is 1.49. The molecule has 1 amide bonds. The largest absolute Gasteiger partial charge is 0.507 e. The third-order valence-corrected chi connectivity index (χ3v) is 2.41. The molecule has 0 fully saturated rings. The van der Waals surface area contributed by atoms with Crippen molar-refractivity contribution >= 4 is 17.3 Å². The number of rotatable bonds is 2. The lowest BCUT2D eigenvalue weighted by atomic mass is 10.1. The Kier molecular flexibility index (Phi) is 3.14. The predicted octanol–water partition coefficient (Wildman–Crippen LogP) is 2.37. The Hall–Kier alpha value is -2.56. The lowest BCUT2D eigenvalue weighted by molar-refractivity contribution is 0.102. The number of nitrogen functional groups attached to an aromatic ring is 1. The van der Waals surface area contributed by atoms with Crippen molar-refractivity contribution in [3.8, 4) is 5.75 Å². The summed E-state index contributed by atoms with van der Waals surface area (Å²) in [4.78, 5) is 11.8. The van der Waals surface area contributed by atoms with E-state index in [9.17, 15) is 14.3 Å². The normalized spacial score (nSPS) is 10.1. The van der Waals surface area contributed by atoms with Gasteiger partial charge in [-0.15, -0.1) is 0 Å². The highest BCUT2D eigenvalue weighted by atomic mass is 19.1. The van der Waals surface area contributed by atoms with Crippen LogP contribution in [0.2, 0.25) is 0 Å². The third kappa shape index (κ3) is 2.40. The molecule has 2 aromatic rings. The summed E-state index contributed by atoms with van der Waals surface area (Å²) in [5.74, 6) is -1.51. The van der Waals surface area contributed by atoms with Crippen LogP contribution in [-0.4, -0.2) is 11.0 Å². The summed E-state index contributed by atoms with van der Waals surface area (Å²) in [5, 5.41) is 12.0. The van der Waals surface area contributed by atoms with Gasteiger partial charge in [-0.25, -0.2) is 4.39 Å². The summed E-state index contributed by atoms with van der Waals surface area (Å²) in [6.45, 7) is 0. The molecule has 0 saturated heterocycles. The first kappa shape index (κ1) is 11.9. The van der Waals surface area contributed by atoms with Crippen LogP contribution in [0.1, 0.15) is 10.4 Å². The Balaban J connectivity index is 2.28. The first-order valence-corrected chi connectivity index (χ1v) is 5.22. The van der Waals surface area contributed by atoms with Crippen LogP contribution in [0.15, 0.2) is 42.5 Å². The molecule has 2 aromatic carbocycles. The number of carbonyl (C=O) groups excluding carboxylic acids is 1.